The second-order valence-corrected chi connectivity index (χ2v) is 9.63. The van der Waals surface area contributed by atoms with Crippen LogP contribution >= 0.6 is 35.5 Å². The van der Waals surface area contributed by atoms with E-state index in [1.807, 2.05) is 42.5 Å². The number of hydrogen-bond acceptors (Lipinski definition) is 1. The normalized spacial score (nSPS) is 10.8. The highest BCUT2D eigenvalue weighted by Crippen LogP contribution is 2.39. The molecule has 0 bridgehead atoms. The van der Waals surface area contributed by atoms with Crippen LogP contribution in [0.15, 0.2) is 108 Å². The quantitative estimate of drug-likeness (QED) is 0.298. The molecular weight excluding hydrogens is 451 g/mol. The summed E-state index contributed by atoms with van der Waals surface area (Å²) in [5.74, 6) is 1.54. The topological polar surface area (TPSA) is 9.23 Å². The van der Waals surface area contributed by atoms with Crippen LogP contribution in [0.4, 0.5) is 0 Å². The molecule has 0 unspecified atom stereocenters. The Kier molecular flexibility index (Phi) is 6.12. The van der Waals surface area contributed by atoms with E-state index in [1.54, 1.807) is 0 Å². The molecule has 0 aliphatic heterocycles. The van der Waals surface area contributed by atoms with E-state index in [1.165, 1.54) is 15.9 Å². The zero-order chi connectivity index (χ0) is 19.3. The zero-order valence-electron chi connectivity index (χ0n) is 14.9. The molecule has 1 nitrogen and oxygen atoms in total. The lowest BCUT2D eigenvalue weighted by Gasteiger charge is -2.22. The van der Waals surface area contributed by atoms with E-state index in [2.05, 4.69) is 76.6 Å². The van der Waals surface area contributed by atoms with Crippen LogP contribution in [0.1, 0.15) is 0 Å². The van der Waals surface area contributed by atoms with Gasteiger partial charge in [0.1, 0.15) is 11.5 Å². The van der Waals surface area contributed by atoms with Crippen LogP contribution in [0.5, 0.6) is 11.5 Å². The predicted octanol–water partition coefficient (Wildman–Crippen LogP) is 6.65. The summed E-state index contributed by atoms with van der Waals surface area (Å²) in [5.41, 5.74) is 0. The number of halogens is 2. The van der Waals surface area contributed by atoms with Gasteiger partial charge in [0.05, 0.1) is 4.47 Å². The monoisotopic (exact) mass is 466 g/mol. The van der Waals surface area contributed by atoms with E-state index < -0.39 is 7.92 Å². The van der Waals surface area contributed by atoms with Crippen LogP contribution in [0, 0.1) is 0 Å². The summed E-state index contributed by atoms with van der Waals surface area (Å²) in [6, 6.07) is 35.0. The number of benzene rings is 4. The molecule has 28 heavy (non-hydrogen) atoms. The van der Waals surface area contributed by atoms with Gasteiger partial charge in [0.25, 0.3) is 0 Å². The van der Waals surface area contributed by atoms with Gasteiger partial charge in [-0.1, -0.05) is 90.5 Å². The SMILES string of the molecule is Clc1ccc(Br)c(Oc2ccccc2P(c2ccccc2)c2ccccc2)c1. The molecule has 4 aromatic rings. The summed E-state index contributed by atoms with van der Waals surface area (Å²) >= 11 is 9.74. The third kappa shape index (κ3) is 4.31. The molecule has 0 N–H and O–H groups in total. The highest BCUT2D eigenvalue weighted by atomic mass is 79.9. The van der Waals surface area contributed by atoms with Crippen LogP contribution in [-0.4, -0.2) is 0 Å². The minimum atomic E-state index is -0.754. The van der Waals surface area contributed by atoms with Crippen molar-refractivity contribution in [2.75, 3.05) is 0 Å². The van der Waals surface area contributed by atoms with Gasteiger partial charge in [-0.25, -0.2) is 0 Å². The van der Waals surface area contributed by atoms with Gasteiger partial charge in [0.2, 0.25) is 0 Å². The first-order valence-electron chi connectivity index (χ1n) is 8.84. The fourth-order valence-electron chi connectivity index (χ4n) is 2.98. The highest BCUT2D eigenvalue weighted by molar-refractivity contribution is 9.10. The van der Waals surface area contributed by atoms with Crippen LogP contribution in [0.2, 0.25) is 5.02 Å². The molecule has 0 saturated carbocycles. The van der Waals surface area contributed by atoms with Crippen molar-refractivity contribution < 1.29 is 4.74 Å². The Hall–Kier alpha value is -2.12. The Morgan fingerprint density at radius 1 is 0.643 bits per heavy atom. The van der Waals surface area contributed by atoms with Crippen molar-refractivity contribution in [3.63, 3.8) is 0 Å². The van der Waals surface area contributed by atoms with Crippen molar-refractivity contribution in [2.24, 2.45) is 0 Å². The zero-order valence-corrected chi connectivity index (χ0v) is 18.2. The Morgan fingerprint density at radius 2 is 1.21 bits per heavy atom. The van der Waals surface area contributed by atoms with Gasteiger partial charge >= 0.3 is 0 Å². The van der Waals surface area contributed by atoms with Crippen LogP contribution in [-0.2, 0) is 0 Å². The van der Waals surface area contributed by atoms with Gasteiger partial charge in [-0.15, -0.1) is 0 Å². The smallest absolute Gasteiger partial charge is 0.143 e. The number of rotatable bonds is 5. The maximum Gasteiger partial charge on any atom is 0.143 e. The van der Waals surface area contributed by atoms with E-state index in [-0.39, 0.29) is 0 Å². The largest absolute Gasteiger partial charge is 0.455 e. The lowest BCUT2D eigenvalue weighted by atomic mass is 10.3. The van der Waals surface area contributed by atoms with Gasteiger partial charge in [-0.05, 0) is 52.7 Å². The molecule has 4 aromatic carbocycles. The summed E-state index contributed by atoms with van der Waals surface area (Å²) in [7, 11) is -0.754. The van der Waals surface area contributed by atoms with Crippen molar-refractivity contribution in [3.8, 4) is 11.5 Å². The van der Waals surface area contributed by atoms with Gasteiger partial charge < -0.3 is 4.74 Å². The molecule has 0 aliphatic carbocycles. The molecule has 0 atom stereocenters. The fraction of sp³-hybridized carbons (Fsp3) is 0. The first-order valence-corrected chi connectivity index (χ1v) is 11.4. The van der Waals surface area contributed by atoms with E-state index in [9.17, 15) is 0 Å². The van der Waals surface area contributed by atoms with Crippen molar-refractivity contribution in [1.82, 2.24) is 0 Å². The standard InChI is InChI=1S/C24H17BrClOP/c25-21-16-15-18(26)17-23(21)27-22-13-7-8-14-24(22)28(19-9-3-1-4-10-19)20-11-5-2-6-12-20/h1-17H. The van der Waals surface area contributed by atoms with Crippen molar-refractivity contribution >= 4 is 51.4 Å². The first kappa shape index (κ1) is 19.2. The summed E-state index contributed by atoms with van der Waals surface area (Å²) in [6.07, 6.45) is 0. The second kappa shape index (κ2) is 8.92. The predicted molar refractivity (Wildman–Crippen MR) is 124 cm³/mol. The highest BCUT2D eigenvalue weighted by Gasteiger charge is 2.20. The molecule has 0 aliphatic rings. The third-order valence-corrected chi connectivity index (χ3v) is 7.62. The number of para-hydroxylation sites is 1. The molecule has 4 rings (SSSR count). The van der Waals surface area contributed by atoms with E-state index in [4.69, 9.17) is 16.3 Å². The maximum atomic E-state index is 6.33. The number of hydrogen-bond donors (Lipinski definition) is 0. The van der Waals surface area contributed by atoms with Crippen LogP contribution < -0.4 is 20.7 Å². The molecule has 0 fully saturated rings. The fourth-order valence-corrected chi connectivity index (χ4v) is 5.84. The Morgan fingerprint density at radius 3 is 1.86 bits per heavy atom. The van der Waals surface area contributed by atoms with Crippen LogP contribution in [0.3, 0.4) is 0 Å². The summed E-state index contributed by atoms with van der Waals surface area (Å²) < 4.78 is 7.20. The minimum absolute atomic E-state index is 0.643. The lowest BCUT2D eigenvalue weighted by Crippen LogP contribution is -2.21. The van der Waals surface area contributed by atoms with E-state index >= 15 is 0 Å². The van der Waals surface area contributed by atoms with E-state index in [0.717, 1.165) is 10.2 Å². The Bertz CT molecular complexity index is 1030. The summed E-state index contributed by atoms with van der Waals surface area (Å²) in [6.45, 7) is 0. The molecule has 0 spiro atoms. The Balaban J connectivity index is 1.83. The van der Waals surface area contributed by atoms with Crippen molar-refractivity contribution in [1.29, 1.82) is 0 Å². The van der Waals surface area contributed by atoms with Crippen LogP contribution in [0.25, 0.3) is 0 Å². The molecule has 0 aromatic heterocycles. The van der Waals surface area contributed by atoms with Gasteiger partial charge in [0, 0.05) is 16.4 Å². The third-order valence-electron chi connectivity index (χ3n) is 4.25. The maximum absolute atomic E-state index is 6.33. The average molecular weight is 468 g/mol. The lowest BCUT2D eigenvalue weighted by molar-refractivity contribution is 0.483. The molecule has 0 radical (unpaired) electrons. The molecule has 138 valence electrons. The minimum Gasteiger partial charge on any atom is -0.455 e. The van der Waals surface area contributed by atoms with E-state index in [0.29, 0.717) is 10.8 Å². The van der Waals surface area contributed by atoms with Gasteiger partial charge in [0.15, 0.2) is 0 Å². The van der Waals surface area contributed by atoms with Crippen molar-refractivity contribution in [2.45, 2.75) is 0 Å². The Labute approximate surface area is 179 Å². The average Bonchev–Trinajstić information content (AvgIpc) is 2.74. The molecule has 0 amide bonds. The van der Waals surface area contributed by atoms with Gasteiger partial charge in [-0.2, -0.15) is 0 Å². The first-order chi connectivity index (χ1) is 13.7. The molecular formula is C24H17BrClOP. The summed E-state index contributed by atoms with van der Waals surface area (Å²) in [4.78, 5) is 0. The molecule has 0 heterocycles. The summed E-state index contributed by atoms with van der Waals surface area (Å²) in [5, 5.41) is 4.38. The second-order valence-electron chi connectivity index (χ2n) is 6.15. The van der Waals surface area contributed by atoms with Gasteiger partial charge in [-0.3, -0.25) is 0 Å². The molecule has 0 saturated heterocycles. The molecule has 4 heteroatoms. The number of ether oxygens (including phenoxy) is 1. The van der Waals surface area contributed by atoms with Crippen molar-refractivity contribution in [3.05, 3.63) is 113 Å².